The molecule has 0 aliphatic carbocycles. The molecule has 0 heterocycles. The van der Waals surface area contributed by atoms with E-state index in [1.165, 1.54) is 0 Å². The van der Waals surface area contributed by atoms with Gasteiger partial charge in [0.1, 0.15) is 12.4 Å². The van der Waals surface area contributed by atoms with Crippen molar-refractivity contribution in [3.05, 3.63) is 65.2 Å². The molecule has 0 atom stereocenters. The van der Waals surface area contributed by atoms with Crippen LogP contribution in [-0.4, -0.2) is 18.5 Å². The molecule has 0 spiro atoms. The van der Waals surface area contributed by atoms with Crippen LogP contribution in [-0.2, 0) is 11.3 Å². The second-order valence-electron chi connectivity index (χ2n) is 4.56. The molecular formula is C18H18O3. The summed E-state index contributed by atoms with van der Waals surface area (Å²) < 4.78 is 11.1. The maximum atomic E-state index is 8.79. The molecule has 0 radical (unpaired) electrons. The summed E-state index contributed by atoms with van der Waals surface area (Å²) in [5, 5.41) is 8.79. The fraction of sp³-hybridized carbons (Fsp3) is 0.222. The van der Waals surface area contributed by atoms with E-state index in [1.807, 2.05) is 55.5 Å². The molecule has 0 amide bonds. The van der Waals surface area contributed by atoms with Gasteiger partial charge in [0.2, 0.25) is 0 Å². The van der Waals surface area contributed by atoms with Crippen molar-refractivity contribution < 1.29 is 14.6 Å². The Morgan fingerprint density at radius 3 is 2.67 bits per heavy atom. The Balaban J connectivity index is 1.91. The van der Waals surface area contributed by atoms with Gasteiger partial charge in [-0.05, 0) is 30.2 Å². The highest BCUT2D eigenvalue weighted by atomic mass is 16.7. The molecule has 2 aromatic carbocycles. The van der Waals surface area contributed by atoms with Crippen molar-refractivity contribution in [2.24, 2.45) is 0 Å². The molecular weight excluding hydrogens is 264 g/mol. The molecule has 0 fully saturated rings. The fourth-order valence-corrected chi connectivity index (χ4v) is 1.84. The second kappa shape index (κ2) is 8.11. The van der Waals surface area contributed by atoms with E-state index in [9.17, 15) is 0 Å². The fourth-order valence-electron chi connectivity index (χ4n) is 1.84. The second-order valence-corrected chi connectivity index (χ2v) is 4.56. The number of aliphatic hydroxyl groups is 1. The van der Waals surface area contributed by atoms with Crippen LogP contribution in [0.5, 0.6) is 5.75 Å². The van der Waals surface area contributed by atoms with Gasteiger partial charge in [-0.3, -0.25) is 0 Å². The molecule has 3 nitrogen and oxygen atoms in total. The maximum Gasteiger partial charge on any atom is 0.189 e. The third kappa shape index (κ3) is 4.96. The molecule has 0 aliphatic heterocycles. The lowest BCUT2D eigenvalue weighted by Crippen LogP contribution is -2.04. The number of hydrogen-bond acceptors (Lipinski definition) is 3. The molecule has 3 heteroatoms. The molecule has 0 saturated heterocycles. The Morgan fingerprint density at radius 2 is 1.90 bits per heavy atom. The zero-order valence-electron chi connectivity index (χ0n) is 12.0. The molecule has 0 aliphatic rings. The van der Waals surface area contributed by atoms with Gasteiger partial charge < -0.3 is 14.6 Å². The van der Waals surface area contributed by atoms with Crippen LogP contribution in [0.1, 0.15) is 16.7 Å². The van der Waals surface area contributed by atoms with Crippen LogP contribution in [0.3, 0.4) is 0 Å². The van der Waals surface area contributed by atoms with Crippen LogP contribution >= 0.6 is 0 Å². The lowest BCUT2D eigenvalue weighted by Gasteiger charge is -2.09. The van der Waals surface area contributed by atoms with Crippen molar-refractivity contribution in [3.8, 4) is 17.6 Å². The van der Waals surface area contributed by atoms with Crippen LogP contribution in [0, 0.1) is 18.8 Å². The SMILES string of the molecule is Cc1ccc(OCOCc2ccccc2)c(C#CCO)c1. The summed E-state index contributed by atoms with van der Waals surface area (Å²) in [4.78, 5) is 0. The average molecular weight is 282 g/mol. The van der Waals surface area contributed by atoms with Gasteiger partial charge in [-0.2, -0.15) is 0 Å². The standard InChI is InChI=1S/C18H18O3/c1-15-9-10-18(17(12-15)8-5-11-19)21-14-20-13-16-6-3-2-4-7-16/h2-4,6-7,9-10,12,19H,11,13-14H2,1H3. The Kier molecular flexibility index (Phi) is 5.83. The molecule has 2 aromatic rings. The highest BCUT2D eigenvalue weighted by molar-refractivity contribution is 5.48. The molecule has 0 aromatic heterocycles. The Morgan fingerprint density at radius 1 is 1.10 bits per heavy atom. The van der Waals surface area contributed by atoms with Crippen LogP contribution in [0.2, 0.25) is 0 Å². The third-order valence-electron chi connectivity index (χ3n) is 2.85. The Hall–Kier alpha value is -2.28. The Bertz CT molecular complexity index is 624. The summed E-state index contributed by atoms with van der Waals surface area (Å²) in [6.07, 6.45) is 0. The van der Waals surface area contributed by atoms with Crippen molar-refractivity contribution in [1.29, 1.82) is 0 Å². The third-order valence-corrected chi connectivity index (χ3v) is 2.85. The van der Waals surface area contributed by atoms with E-state index in [0.29, 0.717) is 12.4 Å². The number of ether oxygens (including phenoxy) is 2. The Labute approximate surface area is 125 Å². The van der Waals surface area contributed by atoms with Gasteiger partial charge in [-0.25, -0.2) is 0 Å². The van der Waals surface area contributed by atoms with Crippen LogP contribution < -0.4 is 4.74 Å². The largest absolute Gasteiger partial charge is 0.466 e. The summed E-state index contributed by atoms with van der Waals surface area (Å²) in [6, 6.07) is 15.7. The highest BCUT2D eigenvalue weighted by Crippen LogP contribution is 2.19. The first-order valence-corrected chi connectivity index (χ1v) is 6.74. The van der Waals surface area contributed by atoms with E-state index in [2.05, 4.69) is 11.8 Å². The average Bonchev–Trinajstić information content (AvgIpc) is 2.52. The predicted octanol–water partition coefficient (Wildman–Crippen LogP) is 2.89. The summed E-state index contributed by atoms with van der Waals surface area (Å²) >= 11 is 0. The number of benzene rings is 2. The van der Waals surface area contributed by atoms with Crippen LogP contribution in [0.15, 0.2) is 48.5 Å². The van der Waals surface area contributed by atoms with Crippen molar-refractivity contribution in [3.63, 3.8) is 0 Å². The first kappa shape index (κ1) is 15.1. The molecule has 1 N–H and O–H groups in total. The van der Waals surface area contributed by atoms with Gasteiger partial charge in [-0.15, -0.1) is 0 Å². The van der Waals surface area contributed by atoms with Gasteiger partial charge >= 0.3 is 0 Å². The molecule has 2 rings (SSSR count). The zero-order valence-corrected chi connectivity index (χ0v) is 12.0. The minimum atomic E-state index is -0.169. The number of aryl methyl sites for hydroxylation is 1. The first-order chi connectivity index (χ1) is 10.3. The van der Waals surface area contributed by atoms with E-state index >= 15 is 0 Å². The topological polar surface area (TPSA) is 38.7 Å². The van der Waals surface area contributed by atoms with E-state index in [-0.39, 0.29) is 13.4 Å². The summed E-state index contributed by atoms with van der Waals surface area (Å²) in [6.45, 7) is 2.48. The lowest BCUT2D eigenvalue weighted by molar-refractivity contribution is 0.00489. The van der Waals surface area contributed by atoms with Crippen molar-refractivity contribution in [2.75, 3.05) is 13.4 Å². The van der Waals surface area contributed by atoms with Gasteiger partial charge in [0.15, 0.2) is 6.79 Å². The summed E-state index contributed by atoms with van der Waals surface area (Å²) in [5.74, 6) is 6.18. The molecule has 0 bridgehead atoms. The van der Waals surface area contributed by atoms with E-state index in [4.69, 9.17) is 14.6 Å². The van der Waals surface area contributed by atoms with E-state index in [1.54, 1.807) is 0 Å². The highest BCUT2D eigenvalue weighted by Gasteiger charge is 2.02. The quantitative estimate of drug-likeness (QED) is 0.520. The minimum absolute atomic E-state index is 0.158. The molecule has 0 unspecified atom stereocenters. The van der Waals surface area contributed by atoms with Gasteiger partial charge in [0, 0.05) is 0 Å². The molecule has 21 heavy (non-hydrogen) atoms. The van der Waals surface area contributed by atoms with Crippen molar-refractivity contribution in [1.82, 2.24) is 0 Å². The minimum Gasteiger partial charge on any atom is -0.466 e. The number of aliphatic hydroxyl groups excluding tert-OH is 1. The predicted molar refractivity (Wildman–Crippen MR) is 81.9 cm³/mol. The number of hydrogen-bond donors (Lipinski definition) is 1. The van der Waals surface area contributed by atoms with Crippen molar-refractivity contribution in [2.45, 2.75) is 13.5 Å². The lowest BCUT2D eigenvalue weighted by atomic mass is 10.1. The maximum absolute atomic E-state index is 8.79. The first-order valence-electron chi connectivity index (χ1n) is 6.74. The van der Waals surface area contributed by atoms with E-state index < -0.39 is 0 Å². The summed E-state index contributed by atoms with van der Waals surface area (Å²) in [5.41, 5.74) is 2.95. The molecule has 108 valence electrons. The van der Waals surface area contributed by atoms with Gasteiger partial charge in [0.05, 0.1) is 12.2 Å². The van der Waals surface area contributed by atoms with Crippen LogP contribution in [0.4, 0.5) is 0 Å². The summed E-state index contributed by atoms with van der Waals surface area (Å²) in [7, 11) is 0. The smallest absolute Gasteiger partial charge is 0.189 e. The van der Waals surface area contributed by atoms with Gasteiger partial charge in [-0.1, -0.05) is 48.2 Å². The number of rotatable bonds is 5. The normalized spacial score (nSPS) is 9.81. The van der Waals surface area contributed by atoms with Gasteiger partial charge in [0.25, 0.3) is 0 Å². The monoisotopic (exact) mass is 282 g/mol. The van der Waals surface area contributed by atoms with E-state index in [0.717, 1.165) is 16.7 Å². The van der Waals surface area contributed by atoms with Crippen molar-refractivity contribution >= 4 is 0 Å². The van der Waals surface area contributed by atoms with Crippen LogP contribution in [0.25, 0.3) is 0 Å². The zero-order chi connectivity index (χ0) is 14.9. The molecule has 0 saturated carbocycles.